The van der Waals surface area contributed by atoms with E-state index in [4.69, 9.17) is 18.9 Å². The zero-order chi connectivity index (χ0) is 26.8. The molecule has 2 aromatic carbocycles. The average molecular weight is 526 g/mol. The highest BCUT2D eigenvalue weighted by Crippen LogP contribution is 2.31. The Labute approximate surface area is 225 Å². The van der Waals surface area contributed by atoms with Gasteiger partial charge in [0, 0.05) is 45.6 Å². The fourth-order valence-electron chi connectivity index (χ4n) is 5.03. The molecule has 0 bridgehead atoms. The number of aromatic nitrogens is 2. The molecular weight excluding hydrogens is 485 g/mol. The number of hydrogen-bond donors (Lipinski definition) is 0. The van der Waals surface area contributed by atoms with Gasteiger partial charge in [0.15, 0.2) is 23.1 Å². The van der Waals surface area contributed by atoms with Crippen molar-refractivity contribution in [2.45, 2.75) is 57.7 Å². The minimum atomic E-state index is -0.432. The molecule has 38 heavy (non-hydrogen) atoms. The highest BCUT2D eigenvalue weighted by Gasteiger charge is 2.34. The molecule has 0 spiro atoms. The third kappa shape index (κ3) is 7.26. The third-order valence-corrected chi connectivity index (χ3v) is 7.30. The second-order valence-electron chi connectivity index (χ2n) is 9.81. The lowest BCUT2D eigenvalue weighted by molar-refractivity contribution is -0.0548. The first-order valence-corrected chi connectivity index (χ1v) is 13.5. The lowest BCUT2D eigenvalue weighted by atomic mass is 9.95. The largest absolute Gasteiger partial charge is 0.493 e. The Balaban J connectivity index is 1.31. The second-order valence-corrected chi connectivity index (χ2v) is 9.81. The summed E-state index contributed by atoms with van der Waals surface area (Å²) in [7, 11) is 3.40. The van der Waals surface area contributed by atoms with E-state index in [1.165, 1.54) is 11.6 Å². The third-order valence-electron chi connectivity index (χ3n) is 7.30. The molecule has 0 N–H and O–H groups in total. The molecule has 1 fully saturated rings. The van der Waals surface area contributed by atoms with Gasteiger partial charge in [-0.1, -0.05) is 25.1 Å². The molecular formula is C30H40FN3O4. The molecule has 3 aromatic rings. The number of hydrogen-bond acceptors (Lipinski definition) is 6. The van der Waals surface area contributed by atoms with Gasteiger partial charge in [-0.05, 0) is 62.1 Å². The number of imidazole rings is 1. The molecule has 4 rings (SSSR count). The van der Waals surface area contributed by atoms with E-state index in [2.05, 4.69) is 33.5 Å². The first kappa shape index (κ1) is 27.9. The van der Waals surface area contributed by atoms with Gasteiger partial charge in [0.05, 0.1) is 13.7 Å². The number of nitrogens with zero attached hydrogens (tertiary/aromatic N) is 3. The summed E-state index contributed by atoms with van der Waals surface area (Å²) in [5.74, 6) is 2.53. The zero-order valence-electron chi connectivity index (χ0n) is 22.8. The monoisotopic (exact) mass is 525 g/mol. The maximum atomic E-state index is 14.0. The van der Waals surface area contributed by atoms with Crippen molar-refractivity contribution < 1.29 is 23.3 Å². The van der Waals surface area contributed by atoms with Gasteiger partial charge in [-0.3, -0.25) is 4.90 Å². The summed E-state index contributed by atoms with van der Waals surface area (Å²) < 4.78 is 39.7. The lowest BCUT2D eigenvalue weighted by Crippen LogP contribution is -2.39. The van der Waals surface area contributed by atoms with E-state index in [0.717, 1.165) is 75.6 Å². The summed E-state index contributed by atoms with van der Waals surface area (Å²) >= 11 is 0. The van der Waals surface area contributed by atoms with Crippen molar-refractivity contribution in [3.8, 4) is 17.2 Å². The highest BCUT2D eigenvalue weighted by atomic mass is 19.1. The van der Waals surface area contributed by atoms with Gasteiger partial charge in [-0.25, -0.2) is 9.37 Å². The predicted molar refractivity (Wildman–Crippen MR) is 145 cm³/mol. The highest BCUT2D eigenvalue weighted by molar-refractivity contribution is 5.43. The molecule has 2 heterocycles. The van der Waals surface area contributed by atoms with Crippen LogP contribution < -0.4 is 14.2 Å². The SMILES string of the molecule is CCc1nccn1CCCOc1cc(CN2CCCC(COc3ccccc3F)(OC)CC2)ccc1OC. The van der Waals surface area contributed by atoms with Crippen LogP contribution in [0.2, 0.25) is 0 Å². The van der Waals surface area contributed by atoms with Crippen LogP contribution in [0.4, 0.5) is 4.39 Å². The number of para-hydroxylation sites is 1. The number of aryl methyl sites for hydroxylation is 2. The van der Waals surface area contributed by atoms with Gasteiger partial charge >= 0.3 is 0 Å². The van der Waals surface area contributed by atoms with Crippen LogP contribution in [0.25, 0.3) is 0 Å². The summed E-state index contributed by atoms with van der Waals surface area (Å²) in [6.45, 7) is 6.55. The number of rotatable bonds is 13. The molecule has 0 saturated carbocycles. The van der Waals surface area contributed by atoms with E-state index in [1.807, 2.05) is 18.5 Å². The Morgan fingerprint density at radius 2 is 1.87 bits per heavy atom. The first-order chi connectivity index (χ1) is 18.6. The van der Waals surface area contributed by atoms with E-state index in [9.17, 15) is 4.39 Å². The van der Waals surface area contributed by atoms with Crippen molar-refractivity contribution in [2.24, 2.45) is 0 Å². The average Bonchev–Trinajstić information content (AvgIpc) is 3.31. The molecule has 1 saturated heterocycles. The summed E-state index contributed by atoms with van der Waals surface area (Å²) in [4.78, 5) is 6.81. The van der Waals surface area contributed by atoms with Crippen LogP contribution in [-0.4, -0.2) is 60.6 Å². The van der Waals surface area contributed by atoms with Crippen LogP contribution in [0.5, 0.6) is 17.2 Å². The van der Waals surface area contributed by atoms with Gasteiger partial charge in [-0.15, -0.1) is 0 Å². The maximum Gasteiger partial charge on any atom is 0.165 e. The Morgan fingerprint density at radius 3 is 2.66 bits per heavy atom. The Kier molecular flexibility index (Phi) is 10.0. The number of methoxy groups -OCH3 is 2. The molecule has 1 aliphatic heterocycles. The number of halogens is 1. The molecule has 1 aliphatic rings. The van der Waals surface area contributed by atoms with Crippen LogP contribution in [0, 0.1) is 5.82 Å². The smallest absolute Gasteiger partial charge is 0.165 e. The number of ether oxygens (including phenoxy) is 4. The molecule has 8 heteroatoms. The van der Waals surface area contributed by atoms with Crippen LogP contribution in [-0.2, 0) is 24.2 Å². The first-order valence-electron chi connectivity index (χ1n) is 13.5. The van der Waals surface area contributed by atoms with Gasteiger partial charge < -0.3 is 23.5 Å². The van der Waals surface area contributed by atoms with E-state index in [0.29, 0.717) is 13.2 Å². The molecule has 7 nitrogen and oxygen atoms in total. The van der Waals surface area contributed by atoms with Crippen molar-refractivity contribution in [2.75, 3.05) is 40.5 Å². The van der Waals surface area contributed by atoms with Crippen LogP contribution in [0.15, 0.2) is 54.9 Å². The van der Waals surface area contributed by atoms with Crippen LogP contribution in [0.1, 0.15) is 44.0 Å². The van der Waals surface area contributed by atoms with Crippen molar-refractivity contribution in [3.05, 3.63) is 72.1 Å². The molecule has 0 radical (unpaired) electrons. The number of benzene rings is 2. The van der Waals surface area contributed by atoms with Crippen LogP contribution in [0.3, 0.4) is 0 Å². The minimum Gasteiger partial charge on any atom is -0.493 e. The maximum absolute atomic E-state index is 14.0. The van der Waals surface area contributed by atoms with Crippen molar-refractivity contribution in [1.82, 2.24) is 14.5 Å². The summed E-state index contributed by atoms with van der Waals surface area (Å²) in [5, 5.41) is 0. The molecule has 0 amide bonds. The molecule has 1 aromatic heterocycles. The van der Waals surface area contributed by atoms with E-state index in [-0.39, 0.29) is 11.6 Å². The molecule has 1 atom stereocenters. The second kappa shape index (κ2) is 13.6. The van der Waals surface area contributed by atoms with Gasteiger partial charge in [0.1, 0.15) is 18.0 Å². The Morgan fingerprint density at radius 1 is 1.00 bits per heavy atom. The lowest BCUT2D eigenvalue weighted by Gasteiger charge is -2.31. The number of likely N-dealkylation sites (tertiary alicyclic amines) is 1. The Bertz CT molecular complexity index is 1150. The topological polar surface area (TPSA) is 58.0 Å². The van der Waals surface area contributed by atoms with Gasteiger partial charge in [-0.2, -0.15) is 0 Å². The standard InChI is InChI=1S/C30H40FN3O4/c1-4-29-32-15-19-34(29)17-8-20-37-28-21-24(11-12-27(28)35-2)22-33-16-7-13-30(36-3,14-18-33)23-38-26-10-6-5-9-25(26)31/h5-6,9-12,15,19,21H,4,7-8,13-14,16-18,20,22-23H2,1-3H3. The normalized spacial score (nSPS) is 18.2. The van der Waals surface area contributed by atoms with Crippen LogP contribution >= 0.6 is 0 Å². The van der Waals surface area contributed by atoms with E-state index in [1.54, 1.807) is 32.4 Å². The minimum absolute atomic E-state index is 0.270. The quantitative estimate of drug-likeness (QED) is 0.274. The fraction of sp³-hybridized carbons (Fsp3) is 0.500. The summed E-state index contributed by atoms with van der Waals surface area (Å²) in [6.07, 6.45) is 8.32. The van der Waals surface area contributed by atoms with E-state index >= 15 is 0 Å². The zero-order valence-corrected chi connectivity index (χ0v) is 22.8. The van der Waals surface area contributed by atoms with Crippen molar-refractivity contribution in [3.63, 3.8) is 0 Å². The Hall–Kier alpha value is -3.10. The summed E-state index contributed by atoms with van der Waals surface area (Å²) in [5.41, 5.74) is 0.745. The predicted octanol–water partition coefficient (Wildman–Crippen LogP) is 5.51. The van der Waals surface area contributed by atoms with Crippen molar-refractivity contribution in [1.29, 1.82) is 0 Å². The molecule has 206 valence electrons. The van der Waals surface area contributed by atoms with E-state index < -0.39 is 5.60 Å². The summed E-state index contributed by atoms with van der Waals surface area (Å²) in [6, 6.07) is 12.7. The molecule has 1 unspecified atom stereocenters. The van der Waals surface area contributed by atoms with Gasteiger partial charge in [0.2, 0.25) is 0 Å². The molecule has 0 aliphatic carbocycles. The van der Waals surface area contributed by atoms with Gasteiger partial charge in [0.25, 0.3) is 0 Å². The van der Waals surface area contributed by atoms with Crippen molar-refractivity contribution >= 4 is 0 Å². The fourth-order valence-corrected chi connectivity index (χ4v) is 5.03.